The highest BCUT2D eigenvalue weighted by Gasteiger charge is 2.27. The molecule has 1 aliphatic rings. The van der Waals surface area contributed by atoms with Gasteiger partial charge in [-0.1, -0.05) is 24.3 Å². The number of nitrogens with one attached hydrogen (secondary N) is 1. The molecule has 0 spiro atoms. The molecule has 2 heterocycles. The Hall–Kier alpha value is -3.71. The summed E-state index contributed by atoms with van der Waals surface area (Å²) in [7, 11) is 1.64. The van der Waals surface area contributed by atoms with Crippen molar-refractivity contribution in [3.05, 3.63) is 90.0 Å². The Morgan fingerprint density at radius 3 is 2.63 bits per heavy atom. The fourth-order valence-corrected chi connectivity index (χ4v) is 4.75. The highest BCUT2D eigenvalue weighted by Crippen LogP contribution is 2.25. The van der Waals surface area contributed by atoms with Crippen molar-refractivity contribution in [3.63, 3.8) is 0 Å². The first-order chi connectivity index (χ1) is 17.1. The summed E-state index contributed by atoms with van der Waals surface area (Å²) in [6.07, 6.45) is 1.83. The van der Waals surface area contributed by atoms with Crippen LogP contribution in [0.1, 0.15) is 24.2 Å². The molecule has 7 heteroatoms. The zero-order chi connectivity index (χ0) is 24.2. The van der Waals surface area contributed by atoms with Gasteiger partial charge in [-0.25, -0.2) is 9.37 Å². The number of fused-ring (bicyclic) bond motifs is 1. The number of carbonyl (C=O) groups is 1. The number of halogens is 1. The molecule has 35 heavy (non-hydrogen) atoms. The van der Waals surface area contributed by atoms with Crippen molar-refractivity contribution >= 4 is 16.9 Å². The maximum Gasteiger partial charge on any atom is 0.224 e. The van der Waals surface area contributed by atoms with Crippen LogP contribution in [0.3, 0.4) is 0 Å². The summed E-state index contributed by atoms with van der Waals surface area (Å²) >= 11 is 0. The molecule has 1 saturated heterocycles. The summed E-state index contributed by atoms with van der Waals surface area (Å²) < 4.78 is 20.8. The van der Waals surface area contributed by atoms with Gasteiger partial charge in [0.15, 0.2) is 0 Å². The lowest BCUT2D eigenvalue weighted by atomic mass is 9.97. The van der Waals surface area contributed by atoms with Crippen molar-refractivity contribution in [2.45, 2.75) is 25.9 Å². The molecule has 6 nitrogen and oxygen atoms in total. The Morgan fingerprint density at radius 1 is 1.09 bits per heavy atom. The molecule has 1 fully saturated rings. The minimum absolute atomic E-state index is 0.0642. The third-order valence-electron chi connectivity index (χ3n) is 6.58. The molecule has 1 aliphatic heterocycles. The third-order valence-corrected chi connectivity index (χ3v) is 6.58. The minimum atomic E-state index is -0.265. The van der Waals surface area contributed by atoms with Crippen molar-refractivity contribution in [1.82, 2.24) is 19.8 Å². The highest BCUT2D eigenvalue weighted by molar-refractivity contribution is 5.79. The van der Waals surface area contributed by atoms with E-state index < -0.39 is 0 Å². The van der Waals surface area contributed by atoms with Gasteiger partial charge in [0.25, 0.3) is 0 Å². The summed E-state index contributed by atoms with van der Waals surface area (Å²) in [5, 5.41) is 3.09. The molecule has 5 rings (SSSR count). The van der Waals surface area contributed by atoms with Gasteiger partial charge in [0.2, 0.25) is 5.91 Å². The molecule has 0 saturated carbocycles. The van der Waals surface area contributed by atoms with Gasteiger partial charge < -0.3 is 10.1 Å². The number of hydrogen-bond acceptors (Lipinski definition) is 4. The van der Waals surface area contributed by atoms with Crippen LogP contribution in [0.15, 0.2) is 72.8 Å². The van der Waals surface area contributed by atoms with Gasteiger partial charge in [-0.05, 0) is 73.5 Å². The van der Waals surface area contributed by atoms with Crippen LogP contribution in [0.2, 0.25) is 0 Å². The van der Waals surface area contributed by atoms with E-state index in [0.29, 0.717) is 19.6 Å². The first-order valence-electron chi connectivity index (χ1n) is 12.0. The van der Waals surface area contributed by atoms with Gasteiger partial charge in [0.05, 0.1) is 30.6 Å². The zero-order valence-corrected chi connectivity index (χ0v) is 19.8. The highest BCUT2D eigenvalue weighted by atomic mass is 19.1. The molecule has 1 aromatic heterocycles. The molecule has 180 valence electrons. The molecule has 1 N–H and O–H groups in total. The van der Waals surface area contributed by atoms with Crippen LogP contribution in [-0.2, 0) is 17.9 Å². The number of piperidine rings is 1. The lowest BCUT2D eigenvalue weighted by Crippen LogP contribution is -2.42. The maximum absolute atomic E-state index is 13.6. The van der Waals surface area contributed by atoms with Crippen LogP contribution in [-0.4, -0.2) is 40.6 Å². The number of hydrogen-bond donors (Lipinski definition) is 1. The number of imidazole rings is 1. The number of likely N-dealkylation sites (tertiary alicyclic amines) is 1. The first kappa shape index (κ1) is 23.1. The van der Waals surface area contributed by atoms with Crippen LogP contribution < -0.4 is 10.1 Å². The van der Waals surface area contributed by atoms with Gasteiger partial charge in [0, 0.05) is 18.8 Å². The van der Waals surface area contributed by atoms with Crippen molar-refractivity contribution in [3.8, 4) is 11.4 Å². The predicted octanol–water partition coefficient (Wildman–Crippen LogP) is 4.70. The molecule has 0 bridgehead atoms. The molecule has 1 atom stereocenters. The lowest BCUT2D eigenvalue weighted by Gasteiger charge is -2.31. The number of ether oxygens (including phenoxy) is 1. The number of nitrogens with zero attached hydrogens (tertiary/aromatic N) is 3. The molecule has 0 radical (unpaired) electrons. The molecular weight excluding hydrogens is 443 g/mol. The fraction of sp³-hybridized carbons (Fsp3) is 0.286. The monoisotopic (exact) mass is 472 g/mol. The summed E-state index contributed by atoms with van der Waals surface area (Å²) in [6.45, 7) is 2.71. The Labute approximate surface area is 204 Å². The molecule has 0 unspecified atom stereocenters. The largest absolute Gasteiger partial charge is 0.497 e. The van der Waals surface area contributed by atoms with E-state index in [1.807, 2.05) is 48.5 Å². The van der Waals surface area contributed by atoms with Gasteiger partial charge in [-0.3, -0.25) is 14.3 Å². The lowest BCUT2D eigenvalue weighted by molar-refractivity contribution is -0.127. The number of methoxy groups -OCH3 is 1. The average molecular weight is 473 g/mol. The second-order valence-electron chi connectivity index (χ2n) is 8.97. The Kier molecular flexibility index (Phi) is 6.77. The quantitative estimate of drug-likeness (QED) is 0.424. The second kappa shape index (κ2) is 10.3. The van der Waals surface area contributed by atoms with Gasteiger partial charge in [-0.2, -0.15) is 0 Å². The molecule has 1 amide bonds. The van der Waals surface area contributed by atoms with Crippen LogP contribution in [0, 0.1) is 11.7 Å². The first-order valence-corrected chi connectivity index (χ1v) is 12.0. The van der Waals surface area contributed by atoms with Crippen LogP contribution in [0.25, 0.3) is 16.7 Å². The predicted molar refractivity (Wildman–Crippen MR) is 134 cm³/mol. The number of benzene rings is 3. The van der Waals surface area contributed by atoms with Crippen molar-refractivity contribution in [1.29, 1.82) is 0 Å². The SMILES string of the molecule is COc1ccc(CNC(=O)[C@H]2CCCN(Cc3nc4ccccc4n3-c3ccc(F)cc3)C2)cc1. The van der Waals surface area contributed by atoms with Gasteiger partial charge >= 0.3 is 0 Å². The standard InChI is InChI=1S/C28H29FN4O2/c1-35-24-14-8-20(9-15-24)17-30-28(34)21-5-4-16-32(18-21)19-27-31-25-6-2-3-7-26(25)33(27)23-12-10-22(29)11-13-23/h2-3,6-15,21H,4-5,16-19H2,1H3,(H,30,34)/t21-/m0/s1. The number of amides is 1. The summed E-state index contributed by atoms with van der Waals surface area (Å²) in [6, 6.07) is 22.2. The number of rotatable bonds is 7. The summed E-state index contributed by atoms with van der Waals surface area (Å²) in [4.78, 5) is 20.1. The maximum atomic E-state index is 13.6. The van der Waals surface area contributed by atoms with Crippen molar-refractivity contribution < 1.29 is 13.9 Å². The summed E-state index contributed by atoms with van der Waals surface area (Å²) in [5.74, 6) is 1.44. The molecule has 3 aromatic carbocycles. The Balaban J connectivity index is 1.29. The van der Waals surface area contributed by atoms with E-state index in [0.717, 1.165) is 53.2 Å². The Morgan fingerprint density at radius 2 is 1.86 bits per heavy atom. The van der Waals surface area contributed by atoms with Crippen molar-refractivity contribution in [2.75, 3.05) is 20.2 Å². The number of aromatic nitrogens is 2. The topological polar surface area (TPSA) is 59.4 Å². The van der Waals surface area contributed by atoms with Crippen LogP contribution in [0.4, 0.5) is 4.39 Å². The smallest absolute Gasteiger partial charge is 0.224 e. The van der Waals surface area contributed by atoms with E-state index in [9.17, 15) is 9.18 Å². The van der Waals surface area contributed by atoms with E-state index >= 15 is 0 Å². The molecule has 4 aromatic rings. The number of carbonyl (C=O) groups excluding carboxylic acids is 1. The third kappa shape index (κ3) is 5.20. The molecule has 0 aliphatic carbocycles. The Bertz CT molecular complexity index is 1300. The van der Waals surface area contributed by atoms with Gasteiger partial charge in [0.1, 0.15) is 17.4 Å². The normalized spacial score (nSPS) is 16.3. The van der Waals surface area contributed by atoms with E-state index in [1.165, 1.54) is 12.1 Å². The summed E-state index contributed by atoms with van der Waals surface area (Å²) in [5.41, 5.74) is 3.80. The van der Waals surface area contributed by atoms with Crippen LogP contribution >= 0.6 is 0 Å². The molecular formula is C28H29FN4O2. The minimum Gasteiger partial charge on any atom is -0.497 e. The fourth-order valence-electron chi connectivity index (χ4n) is 4.75. The van der Waals surface area contributed by atoms with Crippen LogP contribution in [0.5, 0.6) is 5.75 Å². The van der Waals surface area contributed by atoms with E-state index in [4.69, 9.17) is 9.72 Å². The second-order valence-corrected chi connectivity index (χ2v) is 8.97. The van der Waals surface area contributed by atoms with E-state index in [2.05, 4.69) is 14.8 Å². The van der Waals surface area contributed by atoms with E-state index in [1.54, 1.807) is 19.2 Å². The van der Waals surface area contributed by atoms with Gasteiger partial charge in [-0.15, -0.1) is 0 Å². The average Bonchev–Trinajstić information content (AvgIpc) is 3.26. The number of para-hydroxylation sites is 2. The van der Waals surface area contributed by atoms with E-state index in [-0.39, 0.29) is 17.6 Å². The zero-order valence-electron chi connectivity index (χ0n) is 19.8. The van der Waals surface area contributed by atoms with Crippen molar-refractivity contribution in [2.24, 2.45) is 5.92 Å².